The van der Waals surface area contributed by atoms with E-state index in [1.54, 1.807) is 4.90 Å². The van der Waals surface area contributed by atoms with Crippen LogP contribution in [-0.2, 0) is 9.53 Å². The monoisotopic (exact) mass is 406 g/mol. The Balaban J connectivity index is 0.00000204. The number of hydrogen-bond donors (Lipinski definition) is 1. The molecule has 6 nitrogen and oxygen atoms in total. The van der Waals surface area contributed by atoms with Crippen LogP contribution in [0, 0.1) is 11.8 Å². The standard InChI is InChI=1S/C21H36N4O2.C2H6/c1-15(2)7-10-24-11-12-25(20(26)17(5)16(3)4)21(24)23-22-18(6)19-8-13-27-14-9-19;1-2/h15,19,22H,6-14H2,1-5H3;1-2H3/b23-21-;. The molecule has 0 saturated carbocycles. The molecule has 0 aromatic rings. The van der Waals surface area contributed by atoms with Crippen molar-refractivity contribution in [3.63, 3.8) is 0 Å². The number of guanidine groups is 1. The van der Waals surface area contributed by atoms with Gasteiger partial charge in [0, 0.05) is 50.0 Å². The lowest BCUT2D eigenvalue weighted by Crippen LogP contribution is -2.40. The van der Waals surface area contributed by atoms with Gasteiger partial charge in [0.25, 0.3) is 5.91 Å². The molecule has 6 heteroatoms. The SMILES string of the molecule is C=C(N/N=C1/N(CCC(C)C)CCN1C(=O)C(C)=C(C)C)C1CCOCC1.CC. The van der Waals surface area contributed by atoms with Gasteiger partial charge in [-0.3, -0.25) is 15.1 Å². The Morgan fingerprint density at radius 3 is 2.38 bits per heavy atom. The van der Waals surface area contributed by atoms with Crippen molar-refractivity contribution in [1.82, 2.24) is 15.2 Å². The van der Waals surface area contributed by atoms with Crippen molar-refractivity contribution in [1.29, 1.82) is 0 Å². The molecule has 0 unspecified atom stereocenters. The quantitative estimate of drug-likeness (QED) is 0.504. The highest BCUT2D eigenvalue weighted by molar-refractivity contribution is 6.06. The molecule has 0 spiro atoms. The average molecular weight is 407 g/mol. The number of allylic oxidation sites excluding steroid dienone is 2. The molecular formula is C23H42N4O2. The van der Waals surface area contributed by atoms with Crippen LogP contribution in [0.15, 0.2) is 28.5 Å². The first-order valence-corrected chi connectivity index (χ1v) is 11.1. The summed E-state index contributed by atoms with van der Waals surface area (Å²) in [5, 5.41) is 4.64. The van der Waals surface area contributed by atoms with E-state index in [0.717, 1.165) is 68.4 Å². The maximum atomic E-state index is 12.9. The van der Waals surface area contributed by atoms with E-state index < -0.39 is 0 Å². The zero-order valence-corrected chi connectivity index (χ0v) is 19.7. The van der Waals surface area contributed by atoms with E-state index >= 15 is 0 Å². The number of nitrogens with one attached hydrogen (secondary N) is 1. The van der Waals surface area contributed by atoms with Crippen LogP contribution in [0.4, 0.5) is 0 Å². The molecule has 0 bridgehead atoms. The summed E-state index contributed by atoms with van der Waals surface area (Å²) in [5.74, 6) is 1.74. The van der Waals surface area contributed by atoms with Gasteiger partial charge < -0.3 is 9.64 Å². The Bertz CT molecular complexity index is 600. The summed E-state index contributed by atoms with van der Waals surface area (Å²) in [6.07, 6.45) is 3.00. The van der Waals surface area contributed by atoms with Crippen LogP contribution in [0.2, 0.25) is 0 Å². The second-order valence-corrected chi connectivity index (χ2v) is 8.19. The molecule has 0 aromatic heterocycles. The van der Waals surface area contributed by atoms with E-state index in [4.69, 9.17) is 4.74 Å². The topological polar surface area (TPSA) is 57.2 Å². The highest BCUT2D eigenvalue weighted by atomic mass is 16.5. The van der Waals surface area contributed by atoms with Crippen molar-refractivity contribution < 1.29 is 9.53 Å². The minimum absolute atomic E-state index is 0.0410. The number of carbonyl (C=O) groups is 1. The van der Waals surface area contributed by atoms with Gasteiger partial charge in [-0.25, -0.2) is 0 Å². The number of ether oxygens (including phenoxy) is 1. The molecule has 2 heterocycles. The van der Waals surface area contributed by atoms with Crippen molar-refractivity contribution in [2.45, 2.75) is 67.7 Å². The second-order valence-electron chi connectivity index (χ2n) is 8.19. The molecule has 1 N–H and O–H groups in total. The summed E-state index contributed by atoms with van der Waals surface area (Å²) in [6.45, 7) is 22.4. The van der Waals surface area contributed by atoms with E-state index in [9.17, 15) is 4.79 Å². The molecule has 0 atom stereocenters. The van der Waals surface area contributed by atoms with E-state index in [-0.39, 0.29) is 5.91 Å². The molecule has 0 aliphatic carbocycles. The fourth-order valence-electron chi connectivity index (χ4n) is 3.22. The molecular weight excluding hydrogens is 364 g/mol. The third kappa shape index (κ3) is 7.50. The van der Waals surface area contributed by atoms with Gasteiger partial charge in [-0.1, -0.05) is 39.8 Å². The molecule has 2 fully saturated rings. The maximum Gasteiger partial charge on any atom is 0.256 e. The molecule has 166 valence electrons. The Labute approximate surface area is 178 Å². The largest absolute Gasteiger partial charge is 0.381 e. The lowest BCUT2D eigenvalue weighted by Gasteiger charge is -2.26. The van der Waals surface area contributed by atoms with E-state index in [1.165, 1.54) is 0 Å². The van der Waals surface area contributed by atoms with Crippen LogP contribution in [-0.4, -0.2) is 54.5 Å². The first-order valence-electron chi connectivity index (χ1n) is 11.1. The lowest BCUT2D eigenvalue weighted by molar-refractivity contribution is -0.123. The van der Waals surface area contributed by atoms with Gasteiger partial charge in [-0.2, -0.15) is 0 Å². The molecule has 2 aliphatic rings. The van der Waals surface area contributed by atoms with Crippen molar-refractivity contribution in [3.05, 3.63) is 23.4 Å². The third-order valence-electron chi connectivity index (χ3n) is 5.42. The van der Waals surface area contributed by atoms with Gasteiger partial charge in [-0.05, 0) is 46.0 Å². The number of rotatable bonds is 7. The van der Waals surface area contributed by atoms with E-state index in [1.807, 2.05) is 34.6 Å². The average Bonchev–Trinajstić information content (AvgIpc) is 3.14. The van der Waals surface area contributed by atoms with Gasteiger partial charge in [-0.15, -0.1) is 5.10 Å². The van der Waals surface area contributed by atoms with Crippen LogP contribution >= 0.6 is 0 Å². The van der Waals surface area contributed by atoms with Gasteiger partial charge in [0.15, 0.2) is 0 Å². The third-order valence-corrected chi connectivity index (χ3v) is 5.42. The first kappa shape index (κ1) is 25.2. The Hall–Kier alpha value is -1.82. The predicted molar refractivity (Wildman–Crippen MR) is 121 cm³/mol. The van der Waals surface area contributed by atoms with Crippen LogP contribution < -0.4 is 5.43 Å². The normalized spacial score (nSPS) is 18.6. The molecule has 2 saturated heterocycles. The highest BCUT2D eigenvalue weighted by Crippen LogP contribution is 2.21. The van der Waals surface area contributed by atoms with Crippen molar-refractivity contribution in [2.24, 2.45) is 16.9 Å². The van der Waals surface area contributed by atoms with Crippen molar-refractivity contribution in [3.8, 4) is 0 Å². The molecule has 0 radical (unpaired) electrons. The van der Waals surface area contributed by atoms with Gasteiger partial charge in [0.2, 0.25) is 5.96 Å². The smallest absolute Gasteiger partial charge is 0.256 e. The molecule has 1 amide bonds. The van der Waals surface area contributed by atoms with Crippen LogP contribution in [0.5, 0.6) is 0 Å². The van der Waals surface area contributed by atoms with E-state index in [0.29, 0.717) is 18.4 Å². The Morgan fingerprint density at radius 1 is 1.21 bits per heavy atom. The maximum absolute atomic E-state index is 12.9. The summed E-state index contributed by atoms with van der Waals surface area (Å²) in [4.78, 5) is 16.9. The van der Waals surface area contributed by atoms with Gasteiger partial charge >= 0.3 is 0 Å². The van der Waals surface area contributed by atoms with Crippen molar-refractivity contribution in [2.75, 3.05) is 32.8 Å². The Kier molecular flexibility index (Phi) is 11.0. The molecule has 2 aliphatic heterocycles. The minimum atomic E-state index is 0.0410. The number of nitrogens with zero attached hydrogens (tertiary/aromatic N) is 3. The molecule has 2 rings (SSSR count). The van der Waals surface area contributed by atoms with Crippen LogP contribution in [0.3, 0.4) is 0 Å². The van der Waals surface area contributed by atoms with Gasteiger partial charge in [0.05, 0.1) is 0 Å². The highest BCUT2D eigenvalue weighted by Gasteiger charge is 2.32. The Morgan fingerprint density at radius 2 is 1.83 bits per heavy atom. The summed E-state index contributed by atoms with van der Waals surface area (Å²) in [5.41, 5.74) is 5.89. The first-order chi connectivity index (χ1) is 13.8. The fraction of sp³-hybridized carbons (Fsp3) is 0.739. The fourth-order valence-corrected chi connectivity index (χ4v) is 3.22. The number of hydrogen-bond acceptors (Lipinski definition) is 4. The molecule has 0 aromatic carbocycles. The van der Waals surface area contributed by atoms with E-state index in [2.05, 4.69) is 35.9 Å². The van der Waals surface area contributed by atoms with Crippen LogP contribution in [0.1, 0.15) is 67.7 Å². The summed E-state index contributed by atoms with van der Waals surface area (Å²) < 4.78 is 5.43. The minimum Gasteiger partial charge on any atom is -0.381 e. The number of hydrazone groups is 1. The summed E-state index contributed by atoms with van der Waals surface area (Å²) >= 11 is 0. The second kappa shape index (κ2) is 12.7. The lowest BCUT2D eigenvalue weighted by atomic mass is 9.98. The van der Waals surface area contributed by atoms with Gasteiger partial charge in [0.1, 0.15) is 0 Å². The van der Waals surface area contributed by atoms with Crippen molar-refractivity contribution >= 4 is 11.9 Å². The number of carbonyl (C=O) groups excluding carboxylic acids is 1. The zero-order chi connectivity index (χ0) is 22.0. The van der Waals surface area contributed by atoms with Crippen LogP contribution in [0.25, 0.3) is 0 Å². The summed E-state index contributed by atoms with van der Waals surface area (Å²) in [6, 6.07) is 0. The zero-order valence-electron chi connectivity index (χ0n) is 19.7. The predicted octanol–water partition coefficient (Wildman–Crippen LogP) is 4.36. The summed E-state index contributed by atoms with van der Waals surface area (Å²) in [7, 11) is 0. The molecule has 29 heavy (non-hydrogen) atoms. The number of amides is 1.